The average Bonchev–Trinajstić information content (AvgIpc) is 3.54. The minimum absolute atomic E-state index is 0.191. The molecule has 0 spiro atoms. The second-order valence-corrected chi connectivity index (χ2v) is 12.4. The summed E-state index contributed by atoms with van der Waals surface area (Å²) in [5.74, 6) is -4.29. The van der Waals surface area contributed by atoms with Gasteiger partial charge in [-0.05, 0) is 78.7 Å². The van der Waals surface area contributed by atoms with E-state index in [1.54, 1.807) is 12.1 Å². The van der Waals surface area contributed by atoms with Gasteiger partial charge in [-0.25, -0.2) is 0 Å². The summed E-state index contributed by atoms with van der Waals surface area (Å²) in [5.41, 5.74) is 7.98. The molecule has 0 aliphatic heterocycles. The predicted molar refractivity (Wildman–Crippen MR) is 199 cm³/mol. The third-order valence-corrected chi connectivity index (χ3v) is 9.62. The van der Waals surface area contributed by atoms with E-state index in [9.17, 15) is 25.5 Å². The number of phenols is 5. The van der Waals surface area contributed by atoms with Crippen molar-refractivity contribution < 1.29 is 29.9 Å². The molecule has 0 aliphatic carbocycles. The lowest BCUT2D eigenvalue weighted by Gasteiger charge is -2.19. The maximum atomic E-state index is 10.6. The Morgan fingerprint density at radius 2 is 0.780 bits per heavy atom. The fourth-order valence-electron chi connectivity index (χ4n) is 7.34. The highest BCUT2D eigenvalue weighted by Gasteiger charge is 2.25. The fraction of sp³-hybridized carbons (Fsp3) is 0. The molecule has 0 saturated heterocycles. The van der Waals surface area contributed by atoms with Crippen molar-refractivity contribution in [1.82, 2.24) is 0 Å². The summed E-state index contributed by atoms with van der Waals surface area (Å²) in [5, 5.41) is 57.6. The summed E-state index contributed by atoms with van der Waals surface area (Å²) in [4.78, 5) is 0. The molecule has 1 heterocycles. The van der Waals surface area contributed by atoms with Gasteiger partial charge >= 0.3 is 0 Å². The van der Waals surface area contributed by atoms with Crippen LogP contribution in [0.25, 0.3) is 88.0 Å². The second-order valence-electron chi connectivity index (χ2n) is 12.4. The molecule has 8 aromatic carbocycles. The van der Waals surface area contributed by atoms with Crippen LogP contribution in [0.1, 0.15) is 0 Å². The van der Waals surface area contributed by atoms with Crippen LogP contribution in [0.5, 0.6) is 28.7 Å². The van der Waals surface area contributed by atoms with Gasteiger partial charge in [0.1, 0.15) is 11.2 Å². The van der Waals surface area contributed by atoms with Crippen LogP contribution >= 0.6 is 0 Å². The molecular weight excluding hydrogens is 624 g/mol. The van der Waals surface area contributed by atoms with Crippen molar-refractivity contribution in [2.45, 2.75) is 0 Å². The van der Waals surface area contributed by atoms with Crippen LogP contribution in [-0.2, 0) is 0 Å². The largest absolute Gasteiger partial charge is 0.504 e. The molecule has 0 radical (unpaired) electrons. The highest BCUT2D eigenvalue weighted by molar-refractivity contribution is 6.26. The van der Waals surface area contributed by atoms with Crippen molar-refractivity contribution in [3.63, 3.8) is 0 Å². The lowest BCUT2D eigenvalue weighted by Crippen LogP contribution is -1.92. The fourth-order valence-corrected chi connectivity index (χ4v) is 7.34. The number of fused-ring (bicyclic) bond motifs is 5. The van der Waals surface area contributed by atoms with Crippen LogP contribution in [0.3, 0.4) is 0 Å². The minimum atomic E-state index is -0.992. The number of para-hydroxylation sites is 1. The first-order valence-corrected chi connectivity index (χ1v) is 16.1. The van der Waals surface area contributed by atoms with Gasteiger partial charge in [-0.2, -0.15) is 0 Å². The minimum Gasteiger partial charge on any atom is -0.504 e. The van der Waals surface area contributed by atoms with Gasteiger partial charge in [0.25, 0.3) is 0 Å². The zero-order valence-electron chi connectivity index (χ0n) is 26.4. The maximum Gasteiger partial charge on any atom is 0.208 e. The number of rotatable bonds is 4. The van der Waals surface area contributed by atoms with Gasteiger partial charge in [-0.1, -0.05) is 121 Å². The van der Waals surface area contributed by atoms with E-state index < -0.39 is 28.7 Å². The van der Waals surface area contributed by atoms with Crippen molar-refractivity contribution in [3.8, 4) is 73.3 Å². The van der Waals surface area contributed by atoms with E-state index in [1.165, 1.54) is 0 Å². The van der Waals surface area contributed by atoms with Gasteiger partial charge in [0.15, 0.2) is 11.5 Å². The number of phenolic OH excluding ortho intramolecular Hbond substituents is 5. The molecule has 6 heteroatoms. The Hall–Kier alpha value is -6.92. The zero-order chi connectivity index (χ0) is 34.1. The Morgan fingerprint density at radius 1 is 0.320 bits per heavy atom. The van der Waals surface area contributed by atoms with Crippen LogP contribution < -0.4 is 0 Å². The summed E-state index contributed by atoms with van der Waals surface area (Å²) >= 11 is 0. The molecule has 9 aromatic rings. The van der Waals surface area contributed by atoms with Gasteiger partial charge in [0.2, 0.25) is 17.2 Å². The summed E-state index contributed by atoms with van der Waals surface area (Å²) < 4.78 is 6.50. The van der Waals surface area contributed by atoms with E-state index in [-0.39, 0.29) is 5.56 Å². The summed E-state index contributed by atoms with van der Waals surface area (Å²) in [6, 6.07) is 46.7. The molecule has 0 saturated carbocycles. The number of benzene rings is 8. The first-order chi connectivity index (χ1) is 24.4. The van der Waals surface area contributed by atoms with E-state index in [0.717, 1.165) is 76.9 Å². The van der Waals surface area contributed by atoms with Crippen LogP contribution in [0.2, 0.25) is 0 Å². The van der Waals surface area contributed by atoms with Crippen molar-refractivity contribution in [2.75, 3.05) is 0 Å². The third-order valence-electron chi connectivity index (χ3n) is 9.62. The topological polar surface area (TPSA) is 114 Å². The van der Waals surface area contributed by atoms with Gasteiger partial charge in [0.05, 0.1) is 5.56 Å². The number of hydrogen-bond acceptors (Lipinski definition) is 6. The van der Waals surface area contributed by atoms with E-state index in [4.69, 9.17) is 4.42 Å². The van der Waals surface area contributed by atoms with Crippen LogP contribution in [-0.4, -0.2) is 25.5 Å². The first-order valence-electron chi connectivity index (χ1n) is 16.1. The van der Waals surface area contributed by atoms with Gasteiger partial charge in [-0.15, -0.1) is 0 Å². The normalized spacial score (nSPS) is 11.6. The quantitative estimate of drug-likeness (QED) is 0.0734. The molecule has 5 N–H and O–H groups in total. The molecule has 0 amide bonds. The van der Waals surface area contributed by atoms with E-state index >= 15 is 0 Å². The molecule has 9 rings (SSSR count). The van der Waals surface area contributed by atoms with E-state index in [0.29, 0.717) is 5.56 Å². The standard InChI is InChI=1S/C44H28O6/c45-40-37(41(46)43(48)44(49)42(40)47)26-20-18-25(19-21-26)36-28-12-4-6-14-30(28)38(31-15-7-5-13-29(31)36)33-22-27(24-10-2-1-3-11-24)23-35-39(33)32-16-8-9-17-34(32)50-35/h1-23,45-49H. The molecule has 0 bridgehead atoms. The average molecular weight is 653 g/mol. The first kappa shape index (κ1) is 29.2. The Kier molecular flexibility index (Phi) is 6.48. The van der Waals surface area contributed by atoms with Gasteiger partial charge < -0.3 is 29.9 Å². The molecule has 0 aliphatic rings. The maximum absolute atomic E-state index is 10.6. The highest BCUT2D eigenvalue weighted by atomic mass is 16.4. The highest BCUT2D eigenvalue weighted by Crippen LogP contribution is 2.55. The zero-order valence-corrected chi connectivity index (χ0v) is 26.4. The number of aromatic hydroxyl groups is 5. The molecule has 0 atom stereocenters. The monoisotopic (exact) mass is 652 g/mol. The molecule has 0 fully saturated rings. The lowest BCUT2D eigenvalue weighted by molar-refractivity contribution is 0.330. The molecule has 6 nitrogen and oxygen atoms in total. The molecular formula is C44H28O6. The molecule has 1 aromatic heterocycles. The Labute approximate surface area is 285 Å². The van der Waals surface area contributed by atoms with Crippen LogP contribution in [0.15, 0.2) is 144 Å². The second kappa shape index (κ2) is 11.1. The Morgan fingerprint density at radius 3 is 1.36 bits per heavy atom. The van der Waals surface area contributed by atoms with Crippen molar-refractivity contribution in [1.29, 1.82) is 0 Å². The number of hydrogen-bond donors (Lipinski definition) is 5. The Bertz CT molecular complexity index is 2710. The summed E-state index contributed by atoms with van der Waals surface area (Å²) in [6.45, 7) is 0. The van der Waals surface area contributed by atoms with Gasteiger partial charge in [0, 0.05) is 10.8 Å². The third kappa shape index (κ3) is 4.29. The molecule has 50 heavy (non-hydrogen) atoms. The van der Waals surface area contributed by atoms with E-state index in [1.807, 2.05) is 60.7 Å². The smallest absolute Gasteiger partial charge is 0.208 e. The lowest BCUT2D eigenvalue weighted by atomic mass is 9.84. The number of furan rings is 1. The van der Waals surface area contributed by atoms with Crippen molar-refractivity contribution in [3.05, 3.63) is 140 Å². The summed E-state index contributed by atoms with van der Waals surface area (Å²) in [7, 11) is 0. The SMILES string of the molecule is Oc1c(O)c(O)c(-c2ccc(-c3c4ccccc4c(-c4cc(-c5ccccc5)cc5oc6ccccc6c45)c4ccccc34)cc2)c(O)c1O. The van der Waals surface area contributed by atoms with Crippen LogP contribution in [0.4, 0.5) is 0 Å². The predicted octanol–water partition coefficient (Wildman–Crippen LogP) is 11.1. The van der Waals surface area contributed by atoms with Gasteiger partial charge in [-0.3, -0.25) is 0 Å². The summed E-state index contributed by atoms with van der Waals surface area (Å²) in [6.07, 6.45) is 0. The van der Waals surface area contributed by atoms with Crippen molar-refractivity contribution in [2.24, 2.45) is 0 Å². The molecule has 240 valence electrons. The Balaban J connectivity index is 1.33. The molecule has 0 unspecified atom stereocenters. The van der Waals surface area contributed by atoms with Crippen LogP contribution in [0, 0.1) is 0 Å². The van der Waals surface area contributed by atoms with E-state index in [2.05, 4.69) is 66.7 Å². The van der Waals surface area contributed by atoms with Crippen molar-refractivity contribution >= 4 is 43.5 Å².